The highest BCUT2D eigenvalue weighted by Crippen LogP contribution is 2.77. The standard InChI is InChI=1S/2C56H98O4/c2*1-35(2)37(5)17-19-39(7)45-25-27-47-43-23-21-41-15-13-31-55(57,53(41,11)49(43)29-33-51(45,47)9)59-60-56(58)32-14-16-42-22-24-44-48-28-26-46(40(8)20-18-38(6)36(3)4)52(48,10)34-30-50(44)54(42,56)12/h2*35-50,57-58H,13-34H2,1-12H3/t2*37-,38-,39+,40+,41+,42+,43+,44+,45+,46+,47-,48-,49-,50-,51+,52+,53-,54-,55?,56?/m00/s1. The Kier molecular flexibility index (Phi) is 27.8. The van der Waals surface area contributed by atoms with Crippen LogP contribution in [0.3, 0.4) is 0 Å². The van der Waals surface area contributed by atoms with Crippen molar-refractivity contribution in [1.29, 1.82) is 0 Å². The van der Waals surface area contributed by atoms with Gasteiger partial charge in [0.2, 0.25) is 23.1 Å². The molecule has 0 saturated heterocycles. The molecule has 0 aromatic rings. The highest BCUT2D eigenvalue weighted by Gasteiger charge is 2.74. The van der Waals surface area contributed by atoms with Crippen LogP contribution < -0.4 is 0 Å². The van der Waals surface area contributed by atoms with Crippen LogP contribution in [-0.2, 0) is 19.6 Å². The molecule has 16 aliphatic rings. The highest BCUT2D eigenvalue weighted by molar-refractivity contribution is 5.19. The normalized spacial score (nSPS) is 50.8. The van der Waals surface area contributed by atoms with E-state index in [-0.39, 0.29) is 21.7 Å². The third-order valence-electron chi connectivity index (χ3n) is 47.8. The van der Waals surface area contributed by atoms with E-state index in [4.69, 9.17) is 19.6 Å². The van der Waals surface area contributed by atoms with Gasteiger partial charge in [-0.05, 0) is 416 Å². The average molecular weight is 1670 g/mol. The fourth-order valence-electron chi connectivity index (χ4n) is 38.3. The summed E-state index contributed by atoms with van der Waals surface area (Å²) >= 11 is 0. The van der Waals surface area contributed by atoms with Gasteiger partial charge >= 0.3 is 0 Å². The predicted molar refractivity (Wildman–Crippen MR) is 495 cm³/mol. The molecule has 0 spiro atoms. The number of rotatable bonds is 26. The average Bonchev–Trinajstić information content (AvgIpc) is 1.15. The summed E-state index contributed by atoms with van der Waals surface area (Å²) in [5, 5.41) is 52.9. The lowest BCUT2D eigenvalue weighted by molar-refractivity contribution is -0.550. The molecule has 16 saturated carbocycles. The van der Waals surface area contributed by atoms with Crippen LogP contribution in [0.1, 0.15) is 449 Å². The Morgan fingerprint density at radius 2 is 0.408 bits per heavy atom. The number of hydrogen-bond acceptors (Lipinski definition) is 8. The maximum absolute atomic E-state index is 13.2. The van der Waals surface area contributed by atoms with Crippen molar-refractivity contribution in [3.05, 3.63) is 0 Å². The summed E-state index contributed by atoms with van der Waals surface area (Å²) in [6.45, 7) is 59.8. The van der Waals surface area contributed by atoms with Crippen molar-refractivity contribution in [2.24, 2.45) is 233 Å². The van der Waals surface area contributed by atoms with Crippen LogP contribution in [0, 0.1) is 233 Å². The van der Waals surface area contributed by atoms with Gasteiger partial charge in [-0.25, -0.2) is 0 Å². The molecule has 8 nitrogen and oxygen atoms in total. The van der Waals surface area contributed by atoms with Gasteiger partial charge in [-0.2, -0.15) is 19.6 Å². The minimum Gasteiger partial charge on any atom is -0.363 e. The summed E-state index contributed by atoms with van der Waals surface area (Å²) in [6.07, 6.45) is 53.1. The molecular formula is C112H196O8. The monoisotopic (exact) mass is 1670 g/mol. The lowest BCUT2D eigenvalue weighted by atomic mass is 9.43. The molecule has 4 unspecified atom stereocenters. The van der Waals surface area contributed by atoms with Crippen LogP contribution in [0.2, 0.25) is 0 Å². The Labute approximate surface area is 740 Å². The van der Waals surface area contributed by atoms with Gasteiger partial charge in [-0.1, -0.05) is 218 Å². The van der Waals surface area contributed by atoms with Crippen molar-refractivity contribution in [3.63, 3.8) is 0 Å². The molecule has 120 heavy (non-hydrogen) atoms. The van der Waals surface area contributed by atoms with Gasteiger partial charge < -0.3 is 20.4 Å². The molecule has 4 N–H and O–H groups in total. The molecule has 0 bridgehead atoms. The Bertz CT molecular complexity index is 2950. The van der Waals surface area contributed by atoms with Crippen LogP contribution in [0.4, 0.5) is 0 Å². The van der Waals surface area contributed by atoms with Gasteiger partial charge in [-0.15, -0.1) is 0 Å². The fourth-order valence-corrected chi connectivity index (χ4v) is 38.3. The smallest absolute Gasteiger partial charge is 0.205 e. The van der Waals surface area contributed by atoms with Crippen molar-refractivity contribution in [2.75, 3.05) is 0 Å². The van der Waals surface area contributed by atoms with Gasteiger partial charge in [0.25, 0.3) is 0 Å². The summed E-state index contributed by atoms with van der Waals surface area (Å²) in [5.74, 6) is 16.4. The van der Waals surface area contributed by atoms with Gasteiger partial charge in [0.15, 0.2) is 0 Å². The van der Waals surface area contributed by atoms with Crippen LogP contribution in [-0.4, -0.2) is 43.6 Å². The summed E-state index contributed by atoms with van der Waals surface area (Å²) in [6, 6.07) is 0. The van der Waals surface area contributed by atoms with Gasteiger partial charge in [-0.3, -0.25) is 0 Å². The second-order valence-corrected chi connectivity index (χ2v) is 52.8. The van der Waals surface area contributed by atoms with Crippen molar-refractivity contribution in [1.82, 2.24) is 0 Å². The van der Waals surface area contributed by atoms with Crippen LogP contribution >= 0.6 is 0 Å². The summed E-state index contributed by atoms with van der Waals surface area (Å²) in [4.78, 5) is 27.3. The topological polar surface area (TPSA) is 118 Å². The molecule has 0 heterocycles. The first-order chi connectivity index (χ1) is 56.5. The first-order valence-electron chi connectivity index (χ1n) is 54.1. The fraction of sp³-hybridized carbons (Fsp3) is 1.00. The van der Waals surface area contributed by atoms with Crippen molar-refractivity contribution < 1.29 is 40.0 Å². The van der Waals surface area contributed by atoms with Crippen molar-refractivity contribution in [3.8, 4) is 0 Å². The van der Waals surface area contributed by atoms with E-state index in [0.717, 1.165) is 144 Å². The molecule has 692 valence electrons. The van der Waals surface area contributed by atoms with Crippen LogP contribution in [0.5, 0.6) is 0 Å². The third kappa shape index (κ3) is 15.5. The second kappa shape index (κ2) is 35.3. The largest absolute Gasteiger partial charge is 0.363 e. The van der Waals surface area contributed by atoms with E-state index in [0.29, 0.717) is 118 Å². The lowest BCUT2D eigenvalue weighted by Crippen LogP contribution is -2.67. The zero-order valence-corrected chi connectivity index (χ0v) is 83.0. The van der Waals surface area contributed by atoms with E-state index in [2.05, 4.69) is 166 Å². The Hall–Kier alpha value is -0.320. The van der Waals surface area contributed by atoms with E-state index in [9.17, 15) is 20.4 Å². The van der Waals surface area contributed by atoms with Crippen LogP contribution in [0.15, 0.2) is 0 Å². The summed E-state index contributed by atoms with van der Waals surface area (Å²) in [7, 11) is 0. The Morgan fingerprint density at radius 1 is 0.217 bits per heavy atom. The molecule has 0 amide bonds. The molecule has 0 aromatic heterocycles. The van der Waals surface area contributed by atoms with E-state index < -0.39 is 23.1 Å². The molecule has 8 heteroatoms. The quantitative estimate of drug-likeness (QED) is 0.0384. The van der Waals surface area contributed by atoms with E-state index >= 15 is 0 Å². The Morgan fingerprint density at radius 3 is 0.592 bits per heavy atom. The SMILES string of the molecule is CC(C)[C@@H](C)CC[C@@H](C)[C@H]1CC[C@H]2[C@H]3CC[C@H]4CCCC(O)(OOC5(O)CCC[C@@H]6CC[C@@H]7[C@@H]8CC[C@H]([C@H](C)CC[C@H](C)C(C)C)[C@@]8(C)CC[C@@H]7[C@]65C)[C@]4(C)[C@H]3CC[C@]12C.CC(C)[C@@H](C)CC[C@@H](C)[C@H]1CC[C@H]2[C@H]3CC[C@H]4CCCC(O)(OOC5(O)CCC[C@@H]6CC[C@@H]7[C@@H]8CC[C@H]([C@H](C)CC[C@H](C)C(C)C)[C@@]8(C)CC[C@@H]7[C@]65C)[C@]4(C)[C@H]3CC[C@]12C. The number of fused-ring (bicyclic) bond motifs is 20. The first kappa shape index (κ1) is 94.3. The van der Waals surface area contributed by atoms with E-state index in [1.54, 1.807) is 0 Å². The minimum atomic E-state index is -1.37. The molecular weight excluding hydrogens is 1470 g/mol. The number of hydrogen-bond donors (Lipinski definition) is 4. The van der Waals surface area contributed by atoms with Crippen LogP contribution in [0.25, 0.3) is 0 Å². The van der Waals surface area contributed by atoms with Gasteiger partial charge in [0.05, 0.1) is 0 Å². The van der Waals surface area contributed by atoms with E-state index in [1.807, 2.05) is 0 Å². The third-order valence-corrected chi connectivity index (χ3v) is 47.8. The molecule has 16 fully saturated rings. The zero-order valence-electron chi connectivity index (χ0n) is 83.0. The molecule has 0 aromatic carbocycles. The minimum absolute atomic E-state index is 0.360. The zero-order chi connectivity index (χ0) is 86.4. The molecule has 16 rings (SSSR count). The second-order valence-electron chi connectivity index (χ2n) is 52.8. The van der Waals surface area contributed by atoms with E-state index in [1.165, 1.54) is 231 Å². The van der Waals surface area contributed by atoms with Crippen molar-refractivity contribution >= 4 is 0 Å². The molecule has 16 aliphatic carbocycles. The highest BCUT2D eigenvalue weighted by atomic mass is 17.3. The molecule has 0 aliphatic heterocycles. The number of aliphatic hydroxyl groups is 4. The summed E-state index contributed by atoms with van der Waals surface area (Å²) < 4.78 is 0. The summed E-state index contributed by atoms with van der Waals surface area (Å²) in [5.41, 5.74) is 0.201. The Balaban J connectivity index is 0.000000187. The molecule has 40 atom stereocenters. The first-order valence-corrected chi connectivity index (χ1v) is 54.1. The van der Waals surface area contributed by atoms with Crippen molar-refractivity contribution in [2.45, 2.75) is 472 Å². The maximum Gasteiger partial charge on any atom is 0.205 e. The van der Waals surface area contributed by atoms with Gasteiger partial charge in [0.1, 0.15) is 0 Å². The lowest BCUT2D eigenvalue weighted by Gasteiger charge is -2.66. The predicted octanol–water partition coefficient (Wildman–Crippen LogP) is 30.1. The molecule has 0 radical (unpaired) electrons. The van der Waals surface area contributed by atoms with Gasteiger partial charge in [0, 0.05) is 47.3 Å². The maximum atomic E-state index is 13.2.